The van der Waals surface area contributed by atoms with E-state index < -0.39 is 21.6 Å². The van der Waals surface area contributed by atoms with Gasteiger partial charge in [-0.25, -0.2) is 17.6 Å². The number of pyridine rings is 1. The van der Waals surface area contributed by atoms with Crippen LogP contribution >= 0.6 is 0 Å². The van der Waals surface area contributed by atoms with E-state index in [1.54, 1.807) is 0 Å². The first-order valence-electron chi connectivity index (χ1n) is 4.95. The molecule has 1 rings (SSSR count). The summed E-state index contributed by atoms with van der Waals surface area (Å²) in [6, 6.07) is 0.987. The number of carboxylic acid groups (broad SMARTS) is 1. The van der Waals surface area contributed by atoms with Gasteiger partial charge in [0, 0.05) is 24.4 Å². The van der Waals surface area contributed by atoms with Crippen molar-refractivity contribution in [1.82, 2.24) is 4.98 Å². The summed E-state index contributed by atoms with van der Waals surface area (Å²) in [5, 5.41) is 8.68. The van der Waals surface area contributed by atoms with Gasteiger partial charge in [-0.05, 0) is 6.07 Å². The van der Waals surface area contributed by atoms with Crippen LogP contribution in [0.3, 0.4) is 0 Å². The van der Waals surface area contributed by atoms with Gasteiger partial charge < -0.3 is 5.11 Å². The van der Waals surface area contributed by atoms with Crippen LogP contribution < -0.4 is 0 Å². The number of hydrogen-bond donors (Lipinski definition) is 1. The number of aromatic nitrogens is 1. The average molecular weight is 273 g/mol. The van der Waals surface area contributed by atoms with Crippen LogP contribution in [-0.4, -0.2) is 36.5 Å². The predicted molar refractivity (Wildman–Crippen MR) is 64.3 cm³/mol. The summed E-state index contributed by atoms with van der Waals surface area (Å²) in [6.07, 6.45) is 2.16. The van der Waals surface area contributed by atoms with E-state index in [1.165, 1.54) is 0 Å². The first-order valence-corrected chi connectivity index (χ1v) is 7.01. The van der Waals surface area contributed by atoms with Gasteiger partial charge in [-0.3, -0.25) is 4.98 Å². The molecule has 1 N–H and O–H groups in total. The maximum atomic E-state index is 13.6. The number of aliphatic carboxylic acids is 1. The van der Waals surface area contributed by atoms with Crippen LogP contribution in [0.1, 0.15) is 11.3 Å². The van der Waals surface area contributed by atoms with Crippen molar-refractivity contribution in [2.75, 3.05) is 12.0 Å². The molecule has 0 radical (unpaired) electrons. The molecular formula is C11H12FNO4S. The van der Waals surface area contributed by atoms with Crippen molar-refractivity contribution in [2.24, 2.45) is 0 Å². The fourth-order valence-corrected chi connectivity index (χ4v) is 1.78. The van der Waals surface area contributed by atoms with Gasteiger partial charge in [0.15, 0.2) is 0 Å². The van der Waals surface area contributed by atoms with Gasteiger partial charge in [-0.15, -0.1) is 0 Å². The van der Waals surface area contributed by atoms with Crippen molar-refractivity contribution in [3.63, 3.8) is 0 Å². The summed E-state index contributed by atoms with van der Waals surface area (Å²) < 4.78 is 35.4. The monoisotopic (exact) mass is 273 g/mol. The van der Waals surface area contributed by atoms with Gasteiger partial charge in [-0.1, -0.05) is 6.58 Å². The molecule has 0 saturated heterocycles. The maximum absolute atomic E-state index is 13.6. The molecule has 0 aliphatic heterocycles. The van der Waals surface area contributed by atoms with Crippen LogP contribution in [0, 0.1) is 5.82 Å². The fraction of sp³-hybridized carbons (Fsp3) is 0.273. The lowest BCUT2D eigenvalue weighted by molar-refractivity contribution is -0.130. The molecule has 0 saturated carbocycles. The molecule has 0 aliphatic rings. The average Bonchev–Trinajstić information content (AvgIpc) is 2.25. The number of nitrogens with zero attached hydrogens (tertiary/aromatic N) is 1. The highest BCUT2D eigenvalue weighted by atomic mass is 32.2. The summed E-state index contributed by atoms with van der Waals surface area (Å²) in [6.45, 7) is 3.28. The molecule has 0 spiro atoms. The van der Waals surface area contributed by atoms with Gasteiger partial charge in [0.25, 0.3) is 0 Å². The smallest absolute Gasteiger partial charge is 0.335 e. The summed E-state index contributed by atoms with van der Waals surface area (Å²) in [4.78, 5) is 14.3. The second-order valence-electron chi connectivity index (χ2n) is 3.82. The molecule has 18 heavy (non-hydrogen) atoms. The number of rotatable bonds is 5. The Kier molecular flexibility index (Phi) is 4.18. The Balaban J connectivity index is 2.93. The summed E-state index contributed by atoms with van der Waals surface area (Å²) in [7, 11) is -3.20. The first-order chi connectivity index (χ1) is 8.20. The first kappa shape index (κ1) is 14.3. The molecule has 7 heteroatoms. The topological polar surface area (TPSA) is 84.3 Å². The Labute approximate surface area is 104 Å². The molecule has 5 nitrogen and oxygen atoms in total. The summed E-state index contributed by atoms with van der Waals surface area (Å²) >= 11 is 0. The highest BCUT2D eigenvalue weighted by Gasteiger charge is 2.13. The van der Waals surface area contributed by atoms with E-state index in [0.29, 0.717) is 0 Å². The van der Waals surface area contributed by atoms with E-state index in [1.807, 2.05) is 0 Å². The zero-order chi connectivity index (χ0) is 13.9. The number of aryl methyl sites for hydroxylation is 1. The van der Waals surface area contributed by atoms with E-state index in [4.69, 9.17) is 5.11 Å². The SMILES string of the molecule is C=C(C(=O)O)c1cnc(CCS(C)(=O)=O)c(F)c1. The quantitative estimate of drug-likeness (QED) is 0.806. The van der Waals surface area contributed by atoms with E-state index >= 15 is 0 Å². The number of carboxylic acids is 1. The van der Waals surface area contributed by atoms with E-state index in [0.717, 1.165) is 18.5 Å². The molecule has 0 atom stereocenters. The predicted octanol–water partition coefficient (Wildman–Crippen LogP) is 0.906. The van der Waals surface area contributed by atoms with Crippen molar-refractivity contribution >= 4 is 21.4 Å². The molecule has 1 aromatic heterocycles. The zero-order valence-corrected chi connectivity index (χ0v) is 10.5. The number of hydrogen-bond acceptors (Lipinski definition) is 4. The molecule has 1 heterocycles. The van der Waals surface area contributed by atoms with Crippen molar-refractivity contribution in [3.05, 3.63) is 35.9 Å². The second-order valence-corrected chi connectivity index (χ2v) is 6.08. The van der Waals surface area contributed by atoms with Crippen LogP contribution in [0.15, 0.2) is 18.8 Å². The Morgan fingerprint density at radius 1 is 1.56 bits per heavy atom. The standard InChI is InChI=1S/C11H12FNO4S/c1-7(11(14)15)8-5-9(12)10(13-6-8)3-4-18(2,16)17/h5-6H,1,3-4H2,2H3,(H,14,15). The third-order valence-corrected chi connectivity index (χ3v) is 3.18. The van der Waals surface area contributed by atoms with Crippen LogP contribution in [0.25, 0.3) is 5.57 Å². The molecule has 0 aliphatic carbocycles. The maximum Gasteiger partial charge on any atom is 0.335 e. The second kappa shape index (κ2) is 5.26. The molecule has 0 aromatic carbocycles. The van der Waals surface area contributed by atoms with Crippen molar-refractivity contribution in [1.29, 1.82) is 0 Å². The summed E-state index contributed by atoms with van der Waals surface area (Å²) in [5.74, 6) is -2.21. The zero-order valence-electron chi connectivity index (χ0n) is 9.68. The fourth-order valence-electron chi connectivity index (χ4n) is 1.22. The van der Waals surface area contributed by atoms with E-state index in [2.05, 4.69) is 11.6 Å². The van der Waals surface area contributed by atoms with Crippen molar-refractivity contribution in [3.8, 4) is 0 Å². The number of sulfone groups is 1. The highest BCUT2D eigenvalue weighted by molar-refractivity contribution is 7.90. The highest BCUT2D eigenvalue weighted by Crippen LogP contribution is 2.15. The molecule has 0 fully saturated rings. The Hall–Kier alpha value is -1.76. The van der Waals surface area contributed by atoms with Gasteiger partial charge in [0.1, 0.15) is 15.7 Å². The minimum atomic E-state index is -3.20. The molecule has 0 unspecified atom stereocenters. The lowest BCUT2D eigenvalue weighted by atomic mass is 10.1. The third-order valence-electron chi connectivity index (χ3n) is 2.23. The van der Waals surface area contributed by atoms with E-state index in [9.17, 15) is 17.6 Å². The Morgan fingerprint density at radius 2 is 2.17 bits per heavy atom. The van der Waals surface area contributed by atoms with Gasteiger partial charge >= 0.3 is 5.97 Å². The summed E-state index contributed by atoms with van der Waals surface area (Å²) in [5.41, 5.74) is -0.221. The molecule has 1 aromatic rings. The van der Waals surface area contributed by atoms with Crippen LogP contribution in [-0.2, 0) is 21.1 Å². The molecule has 0 amide bonds. The normalized spacial score (nSPS) is 11.2. The minimum absolute atomic E-state index is 0.0117. The van der Waals surface area contributed by atoms with Crippen molar-refractivity contribution < 1.29 is 22.7 Å². The number of carbonyl (C=O) groups is 1. The molecule has 98 valence electrons. The lowest BCUT2D eigenvalue weighted by Crippen LogP contribution is -2.09. The van der Waals surface area contributed by atoms with Gasteiger partial charge in [-0.2, -0.15) is 0 Å². The van der Waals surface area contributed by atoms with Gasteiger partial charge in [0.2, 0.25) is 0 Å². The molecule has 0 bridgehead atoms. The molecular weight excluding hydrogens is 261 g/mol. The minimum Gasteiger partial charge on any atom is -0.478 e. The Morgan fingerprint density at radius 3 is 2.61 bits per heavy atom. The lowest BCUT2D eigenvalue weighted by Gasteiger charge is -2.04. The third kappa shape index (κ3) is 3.92. The van der Waals surface area contributed by atoms with Crippen LogP contribution in [0.4, 0.5) is 4.39 Å². The van der Waals surface area contributed by atoms with Crippen molar-refractivity contribution in [2.45, 2.75) is 6.42 Å². The number of halogens is 1. The largest absolute Gasteiger partial charge is 0.478 e. The van der Waals surface area contributed by atoms with E-state index in [-0.39, 0.29) is 29.0 Å². The van der Waals surface area contributed by atoms with Crippen LogP contribution in [0.2, 0.25) is 0 Å². The van der Waals surface area contributed by atoms with Crippen LogP contribution in [0.5, 0.6) is 0 Å². The van der Waals surface area contributed by atoms with Gasteiger partial charge in [0.05, 0.1) is 17.0 Å². The Bertz CT molecular complexity index is 595.